The zero-order valence-electron chi connectivity index (χ0n) is 11.7. The highest BCUT2D eigenvalue weighted by molar-refractivity contribution is 5.81. The molecule has 0 aliphatic carbocycles. The molecular weight excluding hydrogens is 274 g/mol. The van der Waals surface area contributed by atoms with E-state index in [1.54, 1.807) is 6.07 Å². The highest BCUT2D eigenvalue weighted by Gasteiger charge is 2.33. The number of halogens is 2. The van der Waals surface area contributed by atoms with Crippen LogP contribution in [-0.2, 0) is 5.60 Å². The smallest absolute Gasteiger partial charge is 0.165 e. The van der Waals surface area contributed by atoms with Crippen LogP contribution in [0.2, 0.25) is 0 Å². The second-order valence-electron chi connectivity index (χ2n) is 5.28. The summed E-state index contributed by atoms with van der Waals surface area (Å²) >= 11 is 0. The molecule has 3 aromatic rings. The van der Waals surface area contributed by atoms with E-state index in [0.717, 1.165) is 17.0 Å². The average molecular weight is 288 g/mol. The first-order valence-corrected chi connectivity index (χ1v) is 6.58. The van der Waals surface area contributed by atoms with Gasteiger partial charge in [-0.2, -0.15) is 0 Å². The first kappa shape index (κ1) is 13.8. The molecule has 0 aliphatic heterocycles. The van der Waals surface area contributed by atoms with Crippen LogP contribution >= 0.6 is 0 Å². The lowest BCUT2D eigenvalue weighted by Gasteiger charge is -2.21. The van der Waals surface area contributed by atoms with Crippen molar-refractivity contribution in [2.45, 2.75) is 19.4 Å². The van der Waals surface area contributed by atoms with Crippen LogP contribution in [0.15, 0.2) is 46.9 Å². The fraction of sp³-hybridized carbons (Fsp3) is 0.176. The van der Waals surface area contributed by atoms with E-state index in [1.807, 2.05) is 25.1 Å². The minimum atomic E-state index is -1.75. The largest absolute Gasteiger partial charge is 0.457 e. The quantitative estimate of drug-likeness (QED) is 0.763. The average Bonchev–Trinajstić information content (AvgIpc) is 2.88. The standard InChI is InChI=1S/C17H14F2O2/c1-10-5-3-6-11-9-14(21-16(10)11)17(2,20)12-7-4-8-13(18)15(12)19/h3-9,20H,1-2H3. The molecule has 0 aliphatic rings. The van der Waals surface area contributed by atoms with Crippen LogP contribution in [0, 0.1) is 18.6 Å². The Morgan fingerprint density at radius 1 is 1.10 bits per heavy atom. The molecule has 0 saturated heterocycles. The van der Waals surface area contributed by atoms with Crippen LogP contribution in [0.1, 0.15) is 23.8 Å². The molecule has 1 atom stereocenters. The number of aryl methyl sites for hydroxylation is 1. The van der Waals surface area contributed by atoms with E-state index in [9.17, 15) is 13.9 Å². The molecule has 1 unspecified atom stereocenters. The van der Waals surface area contributed by atoms with Crippen LogP contribution in [0.3, 0.4) is 0 Å². The van der Waals surface area contributed by atoms with E-state index < -0.39 is 17.2 Å². The summed E-state index contributed by atoms with van der Waals surface area (Å²) in [4.78, 5) is 0. The van der Waals surface area contributed by atoms with Crippen LogP contribution in [0.4, 0.5) is 8.78 Å². The minimum Gasteiger partial charge on any atom is -0.457 e. The lowest BCUT2D eigenvalue weighted by Crippen LogP contribution is -2.24. The third-order valence-corrected chi connectivity index (χ3v) is 3.70. The van der Waals surface area contributed by atoms with Crippen molar-refractivity contribution in [2.24, 2.45) is 0 Å². The number of rotatable bonds is 2. The summed E-state index contributed by atoms with van der Waals surface area (Å²) in [5.74, 6) is -1.89. The SMILES string of the molecule is Cc1cccc2cc(C(C)(O)c3cccc(F)c3F)oc12. The van der Waals surface area contributed by atoms with Gasteiger partial charge in [0.25, 0.3) is 0 Å². The summed E-state index contributed by atoms with van der Waals surface area (Å²) < 4.78 is 33.0. The Labute approximate surface area is 120 Å². The van der Waals surface area contributed by atoms with Crippen LogP contribution in [0.5, 0.6) is 0 Å². The summed E-state index contributed by atoms with van der Waals surface area (Å²) in [6, 6.07) is 11.0. The monoisotopic (exact) mass is 288 g/mol. The number of para-hydroxylation sites is 1. The van der Waals surface area contributed by atoms with Crippen molar-refractivity contribution in [3.63, 3.8) is 0 Å². The van der Waals surface area contributed by atoms with Crippen LogP contribution in [0.25, 0.3) is 11.0 Å². The molecule has 4 heteroatoms. The zero-order chi connectivity index (χ0) is 15.2. The Balaban J connectivity index is 2.20. The molecule has 21 heavy (non-hydrogen) atoms. The van der Waals surface area contributed by atoms with Gasteiger partial charge < -0.3 is 9.52 Å². The molecule has 1 aromatic heterocycles. The van der Waals surface area contributed by atoms with Crippen molar-refractivity contribution in [2.75, 3.05) is 0 Å². The fourth-order valence-electron chi connectivity index (χ4n) is 2.46. The molecule has 1 heterocycles. The third-order valence-electron chi connectivity index (χ3n) is 3.70. The van der Waals surface area contributed by atoms with Gasteiger partial charge in [0, 0.05) is 10.9 Å². The maximum atomic E-state index is 13.9. The summed E-state index contributed by atoms with van der Waals surface area (Å²) in [7, 11) is 0. The van der Waals surface area contributed by atoms with Crippen molar-refractivity contribution >= 4 is 11.0 Å². The van der Waals surface area contributed by atoms with E-state index >= 15 is 0 Å². The highest BCUT2D eigenvalue weighted by Crippen LogP contribution is 2.35. The fourth-order valence-corrected chi connectivity index (χ4v) is 2.46. The Hall–Kier alpha value is -2.20. The van der Waals surface area contributed by atoms with Gasteiger partial charge in [0.2, 0.25) is 0 Å². The van der Waals surface area contributed by atoms with Crippen molar-refractivity contribution in [1.82, 2.24) is 0 Å². The summed E-state index contributed by atoms with van der Waals surface area (Å²) in [5.41, 5.74) is -0.365. The molecule has 0 fully saturated rings. The van der Waals surface area contributed by atoms with Crippen molar-refractivity contribution in [3.05, 3.63) is 71.0 Å². The Bertz CT molecular complexity index is 819. The molecule has 0 radical (unpaired) electrons. The molecule has 3 rings (SSSR count). The maximum absolute atomic E-state index is 13.9. The number of benzene rings is 2. The summed E-state index contributed by atoms with van der Waals surface area (Å²) in [5, 5.41) is 11.5. The molecule has 0 bridgehead atoms. The van der Waals surface area contributed by atoms with E-state index in [4.69, 9.17) is 4.42 Å². The van der Waals surface area contributed by atoms with Gasteiger partial charge in [-0.15, -0.1) is 0 Å². The number of hydrogen-bond acceptors (Lipinski definition) is 2. The van der Waals surface area contributed by atoms with E-state index in [-0.39, 0.29) is 11.3 Å². The van der Waals surface area contributed by atoms with Crippen LogP contribution < -0.4 is 0 Å². The maximum Gasteiger partial charge on any atom is 0.165 e. The van der Waals surface area contributed by atoms with Crippen molar-refractivity contribution in [3.8, 4) is 0 Å². The molecule has 108 valence electrons. The molecule has 2 aromatic carbocycles. The lowest BCUT2D eigenvalue weighted by molar-refractivity contribution is 0.0739. The molecule has 0 saturated carbocycles. The van der Waals surface area contributed by atoms with Gasteiger partial charge in [-0.3, -0.25) is 0 Å². The Kier molecular flexibility index (Phi) is 3.06. The van der Waals surface area contributed by atoms with Gasteiger partial charge in [0.15, 0.2) is 11.6 Å². The zero-order valence-corrected chi connectivity index (χ0v) is 11.7. The number of aliphatic hydroxyl groups is 1. The van der Waals surface area contributed by atoms with Crippen molar-refractivity contribution < 1.29 is 18.3 Å². The number of fused-ring (bicyclic) bond motifs is 1. The minimum absolute atomic E-state index is 0.154. The summed E-state index contributed by atoms with van der Waals surface area (Å²) in [6.07, 6.45) is 0. The topological polar surface area (TPSA) is 33.4 Å². The predicted octanol–water partition coefficient (Wildman–Crippen LogP) is 4.28. The van der Waals surface area contributed by atoms with Gasteiger partial charge in [-0.25, -0.2) is 8.78 Å². The Morgan fingerprint density at radius 3 is 2.52 bits per heavy atom. The lowest BCUT2D eigenvalue weighted by atomic mass is 9.92. The molecule has 0 spiro atoms. The van der Waals surface area contributed by atoms with Gasteiger partial charge >= 0.3 is 0 Å². The molecule has 2 nitrogen and oxygen atoms in total. The number of hydrogen-bond donors (Lipinski definition) is 1. The Morgan fingerprint density at radius 2 is 1.81 bits per heavy atom. The molecule has 1 N–H and O–H groups in total. The van der Waals surface area contributed by atoms with Gasteiger partial charge in [0.05, 0.1) is 0 Å². The highest BCUT2D eigenvalue weighted by atomic mass is 19.2. The molecular formula is C17H14F2O2. The van der Waals surface area contributed by atoms with E-state index in [1.165, 1.54) is 19.1 Å². The van der Waals surface area contributed by atoms with Gasteiger partial charge in [0.1, 0.15) is 16.9 Å². The first-order valence-electron chi connectivity index (χ1n) is 6.58. The number of furan rings is 1. The molecule has 0 amide bonds. The van der Waals surface area contributed by atoms with Gasteiger partial charge in [-0.05, 0) is 31.5 Å². The van der Waals surface area contributed by atoms with E-state index in [0.29, 0.717) is 5.58 Å². The normalized spacial score (nSPS) is 14.3. The second kappa shape index (κ2) is 4.67. The first-order chi connectivity index (χ1) is 9.91. The van der Waals surface area contributed by atoms with Crippen LogP contribution in [-0.4, -0.2) is 5.11 Å². The summed E-state index contributed by atoms with van der Waals surface area (Å²) in [6.45, 7) is 3.27. The van der Waals surface area contributed by atoms with E-state index in [2.05, 4.69) is 0 Å². The van der Waals surface area contributed by atoms with Crippen molar-refractivity contribution in [1.29, 1.82) is 0 Å². The van der Waals surface area contributed by atoms with Gasteiger partial charge in [-0.1, -0.05) is 30.3 Å². The second-order valence-corrected chi connectivity index (χ2v) is 5.28. The predicted molar refractivity (Wildman–Crippen MR) is 76.0 cm³/mol. The third kappa shape index (κ3) is 2.12.